The molecule has 0 aromatic heterocycles. The van der Waals surface area contributed by atoms with Crippen molar-refractivity contribution in [3.63, 3.8) is 0 Å². The minimum atomic E-state index is -1.08. The van der Waals surface area contributed by atoms with Crippen molar-refractivity contribution in [2.24, 2.45) is 5.73 Å². The first-order valence-corrected chi connectivity index (χ1v) is 8.76. The van der Waals surface area contributed by atoms with Crippen LogP contribution < -0.4 is 15.5 Å². The molecule has 0 spiro atoms. The summed E-state index contributed by atoms with van der Waals surface area (Å²) in [6.07, 6.45) is 0. The predicted octanol–water partition coefficient (Wildman–Crippen LogP) is 3.70. The number of carbonyl (C=O) groups is 2. The Morgan fingerprint density at radius 1 is 1.21 bits per heavy atom. The third-order valence-electron chi connectivity index (χ3n) is 4.70. The summed E-state index contributed by atoms with van der Waals surface area (Å²) in [7, 11) is 0. The predicted molar refractivity (Wildman–Crippen MR) is 109 cm³/mol. The number of nitrogens with two attached hydrogens (primary N) is 1. The molecule has 3 rings (SSSR count). The van der Waals surface area contributed by atoms with E-state index in [0.29, 0.717) is 17.1 Å². The number of nitrogens with zero attached hydrogens (tertiary/aromatic N) is 3. The highest BCUT2D eigenvalue weighted by molar-refractivity contribution is 7.81. The largest absolute Gasteiger partial charge is 0.366 e. The molecule has 2 amide bonds. The Morgan fingerprint density at radius 3 is 2.39 bits per heavy atom. The lowest BCUT2D eigenvalue weighted by Crippen LogP contribution is -2.44. The summed E-state index contributed by atoms with van der Waals surface area (Å²) in [6, 6.07) is 8.91. The lowest BCUT2D eigenvalue weighted by Gasteiger charge is -2.29. The zero-order valence-electron chi connectivity index (χ0n) is 15.5. The minimum absolute atomic E-state index is 0.177. The lowest BCUT2D eigenvalue weighted by atomic mass is 10.0. The maximum Gasteiger partial charge on any atom is 0.259 e. The molecular formula is C20H17FN4O2S. The van der Waals surface area contributed by atoms with Crippen LogP contribution in [-0.4, -0.2) is 22.5 Å². The molecule has 1 aliphatic heterocycles. The maximum absolute atomic E-state index is 14.3. The van der Waals surface area contributed by atoms with Crippen molar-refractivity contribution in [2.45, 2.75) is 26.3 Å². The molecule has 0 unspecified atom stereocenters. The van der Waals surface area contributed by atoms with Crippen LogP contribution in [0.1, 0.15) is 29.8 Å². The van der Waals surface area contributed by atoms with Crippen LogP contribution >= 0.6 is 12.2 Å². The summed E-state index contributed by atoms with van der Waals surface area (Å²) >= 11 is 5.54. The zero-order valence-corrected chi connectivity index (χ0v) is 16.3. The number of hydrogen-bond acceptors (Lipinski definition) is 3. The van der Waals surface area contributed by atoms with Gasteiger partial charge in [0, 0.05) is 11.4 Å². The number of anilines is 2. The normalized spacial score (nSPS) is 15.7. The highest BCUT2D eigenvalue weighted by atomic mass is 32.1. The van der Waals surface area contributed by atoms with Crippen LogP contribution in [0.2, 0.25) is 0 Å². The van der Waals surface area contributed by atoms with E-state index in [-0.39, 0.29) is 16.6 Å². The van der Waals surface area contributed by atoms with E-state index < -0.39 is 17.3 Å². The smallest absolute Gasteiger partial charge is 0.259 e. The van der Waals surface area contributed by atoms with Gasteiger partial charge in [-0.3, -0.25) is 14.5 Å². The topological polar surface area (TPSA) is 71.0 Å². The van der Waals surface area contributed by atoms with Gasteiger partial charge in [-0.15, -0.1) is 0 Å². The molecule has 0 bridgehead atoms. The summed E-state index contributed by atoms with van der Waals surface area (Å²) in [5.41, 5.74) is 5.91. The van der Waals surface area contributed by atoms with E-state index in [2.05, 4.69) is 4.85 Å². The van der Waals surface area contributed by atoms with Crippen LogP contribution in [0.3, 0.4) is 0 Å². The summed E-state index contributed by atoms with van der Waals surface area (Å²) in [4.78, 5) is 30.7. The number of rotatable bonds is 3. The fourth-order valence-corrected chi connectivity index (χ4v) is 3.73. The Bertz CT molecular complexity index is 1070. The second-order valence-corrected chi connectivity index (χ2v) is 7.29. The summed E-state index contributed by atoms with van der Waals surface area (Å²) in [5.74, 6) is -1.95. The fourth-order valence-electron chi connectivity index (χ4n) is 3.20. The SMILES string of the molecule is [C-]#[N+]c1ccc(N2C(=O)C(C)(C)N(c3ccc(C(N)=O)c(F)c3)C2=S)cc1C. The molecule has 2 N–H and O–H groups in total. The van der Waals surface area contributed by atoms with E-state index in [1.54, 1.807) is 39.0 Å². The van der Waals surface area contributed by atoms with Gasteiger partial charge in [-0.1, -0.05) is 6.07 Å². The molecule has 2 aromatic rings. The second kappa shape index (κ2) is 6.69. The third-order valence-corrected chi connectivity index (χ3v) is 5.07. The Labute approximate surface area is 167 Å². The summed E-state index contributed by atoms with van der Waals surface area (Å²) in [6.45, 7) is 12.3. The number of aryl methyl sites for hydroxylation is 1. The minimum Gasteiger partial charge on any atom is -0.366 e. The number of carbonyl (C=O) groups excluding carboxylic acids is 2. The Balaban J connectivity index is 2.08. The first kappa shape index (κ1) is 19.5. The van der Waals surface area contributed by atoms with E-state index in [4.69, 9.17) is 24.5 Å². The number of benzene rings is 2. The molecule has 8 heteroatoms. The van der Waals surface area contributed by atoms with Crippen molar-refractivity contribution in [3.8, 4) is 0 Å². The van der Waals surface area contributed by atoms with Gasteiger partial charge in [0.15, 0.2) is 10.8 Å². The average Bonchev–Trinajstić information content (AvgIpc) is 2.79. The van der Waals surface area contributed by atoms with Gasteiger partial charge in [0.05, 0.1) is 12.1 Å². The molecule has 142 valence electrons. The first-order chi connectivity index (χ1) is 13.1. The number of primary amides is 1. The van der Waals surface area contributed by atoms with Crippen LogP contribution in [0, 0.1) is 19.3 Å². The molecule has 0 aliphatic carbocycles. The van der Waals surface area contributed by atoms with E-state index in [1.165, 1.54) is 21.9 Å². The van der Waals surface area contributed by atoms with Gasteiger partial charge in [-0.05, 0) is 68.9 Å². The Kier molecular flexibility index (Phi) is 4.65. The molecule has 0 atom stereocenters. The number of halogens is 1. The van der Waals surface area contributed by atoms with E-state index in [1.807, 2.05) is 0 Å². The monoisotopic (exact) mass is 396 g/mol. The van der Waals surface area contributed by atoms with Crippen LogP contribution in [0.15, 0.2) is 36.4 Å². The van der Waals surface area contributed by atoms with Gasteiger partial charge < -0.3 is 10.6 Å². The highest BCUT2D eigenvalue weighted by Crippen LogP contribution is 2.37. The molecule has 0 radical (unpaired) electrons. The Hall–Kier alpha value is -3.31. The molecule has 0 saturated carbocycles. The quantitative estimate of drug-likeness (QED) is 0.634. The third kappa shape index (κ3) is 2.90. The second-order valence-electron chi connectivity index (χ2n) is 6.93. The van der Waals surface area contributed by atoms with Crippen LogP contribution in [0.25, 0.3) is 4.85 Å². The fraction of sp³-hybridized carbons (Fsp3) is 0.200. The lowest BCUT2D eigenvalue weighted by molar-refractivity contribution is -0.120. The highest BCUT2D eigenvalue weighted by Gasteiger charge is 2.50. The van der Waals surface area contributed by atoms with Crippen molar-refractivity contribution >= 4 is 46.2 Å². The van der Waals surface area contributed by atoms with Gasteiger partial charge in [0.25, 0.3) is 11.8 Å². The van der Waals surface area contributed by atoms with Crippen molar-refractivity contribution in [1.82, 2.24) is 0 Å². The molecule has 28 heavy (non-hydrogen) atoms. The van der Waals surface area contributed by atoms with Gasteiger partial charge in [0.1, 0.15) is 11.4 Å². The van der Waals surface area contributed by atoms with Crippen LogP contribution in [0.4, 0.5) is 21.5 Å². The molecule has 6 nitrogen and oxygen atoms in total. The van der Waals surface area contributed by atoms with E-state index in [9.17, 15) is 14.0 Å². The van der Waals surface area contributed by atoms with Gasteiger partial charge in [-0.2, -0.15) is 0 Å². The van der Waals surface area contributed by atoms with Crippen molar-refractivity contribution < 1.29 is 14.0 Å². The standard InChI is InChI=1S/C20H17FN4O2S/c1-11-9-12(6-8-16(11)23-4)24-18(27)20(2,3)25(19(24)28)13-5-7-14(17(22)26)15(21)10-13/h5-10H,1-3H3,(H2,22,26). The zero-order chi connectivity index (χ0) is 20.8. The number of amides is 2. The van der Waals surface area contributed by atoms with Crippen molar-refractivity contribution in [3.05, 3.63) is 64.8 Å². The van der Waals surface area contributed by atoms with Gasteiger partial charge >= 0.3 is 0 Å². The number of hydrogen-bond donors (Lipinski definition) is 1. The first-order valence-electron chi connectivity index (χ1n) is 8.35. The van der Waals surface area contributed by atoms with Crippen molar-refractivity contribution in [2.75, 3.05) is 9.80 Å². The van der Waals surface area contributed by atoms with Crippen LogP contribution in [0.5, 0.6) is 0 Å². The van der Waals surface area contributed by atoms with Gasteiger partial charge in [0.2, 0.25) is 0 Å². The summed E-state index contributed by atoms with van der Waals surface area (Å²) in [5, 5.41) is 0.177. The average molecular weight is 396 g/mol. The summed E-state index contributed by atoms with van der Waals surface area (Å²) < 4.78 is 14.3. The molecule has 2 aromatic carbocycles. The molecule has 1 saturated heterocycles. The van der Waals surface area contributed by atoms with E-state index >= 15 is 0 Å². The molecule has 1 aliphatic rings. The number of thiocarbonyl (C=S) groups is 1. The molecule has 1 fully saturated rings. The van der Waals surface area contributed by atoms with Crippen LogP contribution in [-0.2, 0) is 4.79 Å². The van der Waals surface area contributed by atoms with Gasteiger partial charge in [-0.25, -0.2) is 9.24 Å². The van der Waals surface area contributed by atoms with E-state index in [0.717, 1.165) is 11.6 Å². The molecular weight excluding hydrogens is 379 g/mol. The Morgan fingerprint density at radius 2 is 1.86 bits per heavy atom. The maximum atomic E-state index is 14.3. The molecule has 1 heterocycles. The van der Waals surface area contributed by atoms with Crippen molar-refractivity contribution in [1.29, 1.82) is 0 Å².